The molecule has 4 heteroatoms. The molecule has 2 aromatic rings. The van der Waals surface area contributed by atoms with Gasteiger partial charge in [-0.15, -0.1) is 0 Å². The lowest BCUT2D eigenvalue weighted by Crippen LogP contribution is -2.40. The fraction of sp³-hybridized carbons (Fsp3) is 0.357. The predicted molar refractivity (Wildman–Crippen MR) is 74.4 cm³/mol. The molecule has 0 saturated carbocycles. The molecule has 1 heterocycles. The average Bonchev–Trinajstić information content (AvgIpc) is 2.86. The molecule has 0 aliphatic heterocycles. The molecular weight excluding hydrogens is 226 g/mol. The Morgan fingerprint density at radius 2 is 2.22 bits per heavy atom. The summed E-state index contributed by atoms with van der Waals surface area (Å²) in [6.45, 7) is 4.02. The van der Waals surface area contributed by atoms with E-state index in [2.05, 4.69) is 10.3 Å². The number of hydrogen-bond acceptors (Lipinski definition) is 2. The minimum atomic E-state index is -0.468. The minimum Gasteiger partial charge on any atom is -0.361 e. The molecule has 2 atom stereocenters. The van der Waals surface area contributed by atoms with Gasteiger partial charge in [-0.25, -0.2) is 0 Å². The molecule has 0 radical (unpaired) electrons. The van der Waals surface area contributed by atoms with Crippen LogP contribution in [0.4, 0.5) is 5.69 Å². The number of aromatic amines is 1. The highest BCUT2D eigenvalue weighted by Crippen LogP contribution is 2.22. The standard InChI is InChI=1S/C14H19N3O/c1-3-9(2)13(15)14(18)17-12-6-4-5-11-10(12)7-8-16-11/h4-9,13,16H,3,15H2,1-2H3,(H,17,18). The van der Waals surface area contributed by atoms with Crippen LogP contribution in [0.3, 0.4) is 0 Å². The lowest BCUT2D eigenvalue weighted by molar-refractivity contribution is -0.118. The lowest BCUT2D eigenvalue weighted by Gasteiger charge is -2.18. The lowest BCUT2D eigenvalue weighted by atomic mass is 9.99. The zero-order valence-electron chi connectivity index (χ0n) is 10.7. The van der Waals surface area contributed by atoms with E-state index in [1.54, 1.807) is 0 Å². The molecule has 1 amide bonds. The van der Waals surface area contributed by atoms with Gasteiger partial charge < -0.3 is 16.0 Å². The second kappa shape index (κ2) is 5.23. The van der Waals surface area contributed by atoms with E-state index >= 15 is 0 Å². The summed E-state index contributed by atoms with van der Waals surface area (Å²) in [5, 5.41) is 3.90. The number of amides is 1. The highest BCUT2D eigenvalue weighted by molar-refractivity contribution is 6.03. The molecule has 0 saturated heterocycles. The van der Waals surface area contributed by atoms with Crippen molar-refractivity contribution in [2.45, 2.75) is 26.3 Å². The van der Waals surface area contributed by atoms with Crippen molar-refractivity contribution in [2.24, 2.45) is 11.7 Å². The Hall–Kier alpha value is -1.81. The number of hydrogen-bond donors (Lipinski definition) is 3. The molecule has 1 aromatic heterocycles. The Balaban J connectivity index is 2.19. The molecule has 0 spiro atoms. The SMILES string of the molecule is CCC(C)C(N)C(=O)Nc1cccc2[nH]ccc12. The van der Waals surface area contributed by atoms with Crippen molar-refractivity contribution in [1.82, 2.24) is 4.98 Å². The van der Waals surface area contributed by atoms with Crippen molar-refractivity contribution in [3.05, 3.63) is 30.5 Å². The largest absolute Gasteiger partial charge is 0.361 e. The number of fused-ring (bicyclic) bond motifs is 1. The van der Waals surface area contributed by atoms with E-state index in [-0.39, 0.29) is 11.8 Å². The van der Waals surface area contributed by atoms with Crippen LogP contribution in [0, 0.1) is 5.92 Å². The maximum atomic E-state index is 12.0. The number of anilines is 1. The summed E-state index contributed by atoms with van der Waals surface area (Å²) in [5.74, 6) is 0.0495. The summed E-state index contributed by atoms with van der Waals surface area (Å²) >= 11 is 0. The van der Waals surface area contributed by atoms with E-state index in [1.165, 1.54) is 0 Å². The number of benzene rings is 1. The van der Waals surface area contributed by atoms with E-state index in [9.17, 15) is 4.79 Å². The molecule has 1 aromatic carbocycles. The van der Waals surface area contributed by atoms with Gasteiger partial charge in [0.2, 0.25) is 5.91 Å². The number of H-pyrrole nitrogens is 1. The number of nitrogens with one attached hydrogen (secondary N) is 2. The van der Waals surface area contributed by atoms with Crippen LogP contribution in [0.25, 0.3) is 10.9 Å². The molecule has 2 rings (SSSR count). The van der Waals surface area contributed by atoms with Gasteiger partial charge in [0.15, 0.2) is 0 Å². The van der Waals surface area contributed by atoms with Gasteiger partial charge in [0.1, 0.15) is 0 Å². The van der Waals surface area contributed by atoms with Crippen LogP contribution < -0.4 is 11.1 Å². The highest BCUT2D eigenvalue weighted by Gasteiger charge is 2.19. The second-order valence-electron chi connectivity index (χ2n) is 4.65. The van der Waals surface area contributed by atoms with E-state index in [0.29, 0.717) is 0 Å². The number of carbonyl (C=O) groups excluding carboxylic acids is 1. The van der Waals surface area contributed by atoms with Crippen LogP contribution in [0.2, 0.25) is 0 Å². The van der Waals surface area contributed by atoms with Crippen molar-refractivity contribution >= 4 is 22.5 Å². The molecule has 4 N–H and O–H groups in total. The average molecular weight is 245 g/mol. The maximum absolute atomic E-state index is 12.0. The van der Waals surface area contributed by atoms with Gasteiger partial charge in [0, 0.05) is 17.1 Å². The summed E-state index contributed by atoms with van der Waals surface area (Å²) in [4.78, 5) is 15.1. The molecule has 2 unspecified atom stereocenters. The third-order valence-corrected chi connectivity index (χ3v) is 3.41. The van der Waals surface area contributed by atoms with Gasteiger partial charge in [-0.3, -0.25) is 4.79 Å². The van der Waals surface area contributed by atoms with Crippen molar-refractivity contribution < 1.29 is 4.79 Å². The van der Waals surface area contributed by atoms with E-state index in [1.807, 2.05) is 44.3 Å². The molecule has 0 fully saturated rings. The molecular formula is C14H19N3O. The fourth-order valence-corrected chi connectivity index (χ4v) is 1.92. The zero-order chi connectivity index (χ0) is 13.1. The number of nitrogens with two attached hydrogens (primary N) is 1. The molecule has 4 nitrogen and oxygen atoms in total. The molecule has 0 aliphatic rings. The van der Waals surface area contributed by atoms with Crippen molar-refractivity contribution in [3.8, 4) is 0 Å². The number of rotatable bonds is 4. The van der Waals surface area contributed by atoms with Crippen LogP contribution in [0.5, 0.6) is 0 Å². The van der Waals surface area contributed by atoms with E-state index < -0.39 is 6.04 Å². The fourth-order valence-electron chi connectivity index (χ4n) is 1.92. The quantitative estimate of drug-likeness (QED) is 0.774. The van der Waals surface area contributed by atoms with Crippen LogP contribution in [-0.4, -0.2) is 16.9 Å². The molecule has 18 heavy (non-hydrogen) atoms. The Morgan fingerprint density at radius 1 is 1.44 bits per heavy atom. The Kier molecular flexibility index (Phi) is 3.67. The Labute approximate surface area is 107 Å². The van der Waals surface area contributed by atoms with Crippen molar-refractivity contribution in [1.29, 1.82) is 0 Å². The minimum absolute atomic E-state index is 0.127. The smallest absolute Gasteiger partial charge is 0.241 e. The summed E-state index contributed by atoms with van der Waals surface area (Å²) in [7, 11) is 0. The number of carbonyl (C=O) groups is 1. The van der Waals surface area contributed by atoms with Gasteiger partial charge in [-0.05, 0) is 24.1 Å². The van der Waals surface area contributed by atoms with Crippen LogP contribution in [0.15, 0.2) is 30.5 Å². The van der Waals surface area contributed by atoms with Gasteiger partial charge in [0.05, 0.1) is 11.7 Å². The summed E-state index contributed by atoms with van der Waals surface area (Å²) in [6, 6.07) is 7.24. The summed E-state index contributed by atoms with van der Waals surface area (Å²) in [6.07, 6.45) is 2.75. The second-order valence-corrected chi connectivity index (χ2v) is 4.65. The van der Waals surface area contributed by atoms with Gasteiger partial charge >= 0.3 is 0 Å². The Morgan fingerprint density at radius 3 is 2.94 bits per heavy atom. The molecule has 96 valence electrons. The van der Waals surface area contributed by atoms with E-state index in [4.69, 9.17) is 5.73 Å². The maximum Gasteiger partial charge on any atom is 0.241 e. The topological polar surface area (TPSA) is 70.9 Å². The van der Waals surface area contributed by atoms with Gasteiger partial charge in [-0.2, -0.15) is 0 Å². The zero-order valence-corrected chi connectivity index (χ0v) is 10.7. The summed E-state index contributed by atoms with van der Waals surface area (Å²) in [5.41, 5.74) is 7.73. The van der Waals surface area contributed by atoms with E-state index in [0.717, 1.165) is 23.0 Å². The summed E-state index contributed by atoms with van der Waals surface area (Å²) < 4.78 is 0. The van der Waals surface area contributed by atoms with Crippen LogP contribution >= 0.6 is 0 Å². The van der Waals surface area contributed by atoms with Gasteiger partial charge in [-0.1, -0.05) is 26.3 Å². The Bertz CT molecular complexity index is 547. The molecule has 0 aliphatic carbocycles. The first-order chi connectivity index (χ1) is 8.63. The molecule has 0 bridgehead atoms. The van der Waals surface area contributed by atoms with Gasteiger partial charge in [0.25, 0.3) is 0 Å². The highest BCUT2D eigenvalue weighted by atomic mass is 16.2. The first kappa shape index (κ1) is 12.6. The third kappa shape index (κ3) is 2.38. The first-order valence-corrected chi connectivity index (χ1v) is 6.26. The predicted octanol–water partition coefficient (Wildman–Crippen LogP) is 2.48. The third-order valence-electron chi connectivity index (χ3n) is 3.41. The first-order valence-electron chi connectivity index (χ1n) is 6.26. The van der Waals surface area contributed by atoms with Crippen molar-refractivity contribution in [3.63, 3.8) is 0 Å². The normalized spacial score (nSPS) is 14.4. The van der Waals surface area contributed by atoms with Crippen LogP contribution in [-0.2, 0) is 4.79 Å². The monoisotopic (exact) mass is 245 g/mol. The van der Waals surface area contributed by atoms with Crippen molar-refractivity contribution in [2.75, 3.05) is 5.32 Å². The van der Waals surface area contributed by atoms with Crippen LogP contribution in [0.1, 0.15) is 20.3 Å². The number of aromatic nitrogens is 1.